The Bertz CT molecular complexity index is 321. The van der Waals surface area contributed by atoms with E-state index in [0.29, 0.717) is 19.3 Å². The summed E-state index contributed by atoms with van der Waals surface area (Å²) in [4.78, 5) is 23.4. The van der Waals surface area contributed by atoms with E-state index in [0.717, 1.165) is 12.8 Å². The van der Waals surface area contributed by atoms with Crippen LogP contribution in [0.4, 0.5) is 0 Å². The normalized spacial score (nSPS) is 24.5. The van der Waals surface area contributed by atoms with E-state index in [2.05, 4.69) is 11.8 Å². The largest absolute Gasteiger partial charge is 0.468 e. The second kappa shape index (κ2) is 4.97. The van der Waals surface area contributed by atoms with Crippen LogP contribution in [-0.2, 0) is 14.3 Å². The summed E-state index contributed by atoms with van der Waals surface area (Å²) in [7, 11) is 1.32. The molecule has 1 aliphatic rings. The maximum atomic E-state index is 11.7. The zero-order valence-corrected chi connectivity index (χ0v) is 9.26. The Morgan fingerprint density at radius 3 is 2.73 bits per heavy atom. The molecule has 0 unspecified atom stereocenters. The molecule has 1 rings (SSSR count). The van der Waals surface area contributed by atoms with Crippen molar-refractivity contribution in [2.45, 2.75) is 39.0 Å². The SMILES string of the molecule is CCC#CC[C@]1(C(=O)OC)CCCC1=O. The van der Waals surface area contributed by atoms with Crippen molar-refractivity contribution < 1.29 is 14.3 Å². The number of Topliss-reactive ketones (excluding diaryl/α,β-unsaturated/α-hetero) is 1. The van der Waals surface area contributed by atoms with Crippen molar-refractivity contribution in [2.75, 3.05) is 7.11 Å². The molecule has 0 spiro atoms. The minimum Gasteiger partial charge on any atom is -0.468 e. The van der Waals surface area contributed by atoms with Crippen LogP contribution in [0.15, 0.2) is 0 Å². The van der Waals surface area contributed by atoms with Gasteiger partial charge < -0.3 is 4.74 Å². The first-order chi connectivity index (χ1) is 7.17. The summed E-state index contributed by atoms with van der Waals surface area (Å²) in [6, 6.07) is 0. The van der Waals surface area contributed by atoms with Crippen molar-refractivity contribution >= 4 is 11.8 Å². The Balaban J connectivity index is 2.86. The Morgan fingerprint density at radius 1 is 1.53 bits per heavy atom. The van der Waals surface area contributed by atoms with E-state index >= 15 is 0 Å². The second-order valence-corrected chi connectivity index (χ2v) is 3.73. The summed E-state index contributed by atoms with van der Waals surface area (Å²) in [5, 5.41) is 0. The summed E-state index contributed by atoms with van der Waals surface area (Å²) < 4.78 is 4.71. The first-order valence-electron chi connectivity index (χ1n) is 5.25. The Hall–Kier alpha value is -1.30. The van der Waals surface area contributed by atoms with Crippen LogP contribution in [0.25, 0.3) is 0 Å². The number of hydrogen-bond acceptors (Lipinski definition) is 3. The third kappa shape index (κ3) is 2.20. The van der Waals surface area contributed by atoms with Crippen LogP contribution in [0, 0.1) is 17.3 Å². The lowest BCUT2D eigenvalue weighted by atomic mass is 9.82. The molecule has 0 aromatic rings. The Morgan fingerprint density at radius 2 is 2.27 bits per heavy atom. The predicted molar refractivity (Wildman–Crippen MR) is 56.0 cm³/mol. The van der Waals surface area contributed by atoms with Crippen molar-refractivity contribution in [1.29, 1.82) is 0 Å². The van der Waals surface area contributed by atoms with Gasteiger partial charge in [0.2, 0.25) is 0 Å². The molecule has 0 bridgehead atoms. The van der Waals surface area contributed by atoms with Gasteiger partial charge in [-0.3, -0.25) is 9.59 Å². The molecule has 0 N–H and O–H groups in total. The molecule has 0 amide bonds. The average molecular weight is 208 g/mol. The highest BCUT2D eigenvalue weighted by Crippen LogP contribution is 2.38. The molecule has 0 saturated heterocycles. The first-order valence-corrected chi connectivity index (χ1v) is 5.25. The lowest BCUT2D eigenvalue weighted by molar-refractivity contribution is -0.156. The predicted octanol–water partition coefficient (Wildman–Crippen LogP) is 1.70. The Labute approximate surface area is 90.2 Å². The monoisotopic (exact) mass is 208 g/mol. The van der Waals surface area contributed by atoms with Crippen LogP contribution < -0.4 is 0 Å². The summed E-state index contributed by atoms with van der Waals surface area (Å²) in [6.07, 6.45) is 2.87. The highest BCUT2D eigenvalue weighted by atomic mass is 16.5. The molecule has 0 heterocycles. The lowest BCUT2D eigenvalue weighted by Gasteiger charge is -2.21. The maximum Gasteiger partial charge on any atom is 0.320 e. The van der Waals surface area contributed by atoms with E-state index < -0.39 is 11.4 Å². The van der Waals surface area contributed by atoms with E-state index in [1.165, 1.54) is 7.11 Å². The fourth-order valence-corrected chi connectivity index (χ4v) is 1.94. The van der Waals surface area contributed by atoms with Gasteiger partial charge in [0, 0.05) is 19.3 Å². The highest BCUT2D eigenvalue weighted by Gasteiger charge is 2.48. The molecule has 15 heavy (non-hydrogen) atoms. The standard InChI is InChI=1S/C12H16O3/c1-3-4-5-8-12(11(14)15-2)9-6-7-10(12)13/h3,6-9H2,1-2H3/t12-/m0/s1. The maximum absolute atomic E-state index is 11.7. The van der Waals surface area contributed by atoms with E-state index in [-0.39, 0.29) is 5.78 Å². The second-order valence-electron chi connectivity index (χ2n) is 3.73. The molecular weight excluding hydrogens is 192 g/mol. The van der Waals surface area contributed by atoms with Crippen LogP contribution in [0.1, 0.15) is 39.0 Å². The van der Waals surface area contributed by atoms with Gasteiger partial charge in [-0.05, 0) is 12.8 Å². The molecule has 0 aromatic carbocycles. The molecule has 0 aromatic heterocycles. The first kappa shape index (κ1) is 11.8. The van der Waals surface area contributed by atoms with Gasteiger partial charge in [-0.2, -0.15) is 0 Å². The highest BCUT2D eigenvalue weighted by molar-refractivity contribution is 6.05. The van der Waals surface area contributed by atoms with Crippen molar-refractivity contribution in [1.82, 2.24) is 0 Å². The van der Waals surface area contributed by atoms with Gasteiger partial charge >= 0.3 is 5.97 Å². The fourth-order valence-electron chi connectivity index (χ4n) is 1.94. The number of ether oxygens (including phenoxy) is 1. The number of esters is 1. The van der Waals surface area contributed by atoms with Gasteiger partial charge in [0.05, 0.1) is 7.11 Å². The average Bonchev–Trinajstić information content (AvgIpc) is 2.61. The van der Waals surface area contributed by atoms with Crippen molar-refractivity contribution in [3.8, 4) is 11.8 Å². The molecule has 82 valence electrons. The zero-order chi connectivity index (χ0) is 11.3. The van der Waals surface area contributed by atoms with Crippen molar-refractivity contribution in [2.24, 2.45) is 5.41 Å². The lowest BCUT2D eigenvalue weighted by Crippen LogP contribution is -2.35. The summed E-state index contributed by atoms with van der Waals surface area (Å²) >= 11 is 0. The van der Waals surface area contributed by atoms with Crippen LogP contribution in [0.3, 0.4) is 0 Å². The van der Waals surface area contributed by atoms with E-state index in [9.17, 15) is 9.59 Å². The topological polar surface area (TPSA) is 43.4 Å². The van der Waals surface area contributed by atoms with Gasteiger partial charge in [0.25, 0.3) is 0 Å². The number of ketones is 1. The van der Waals surface area contributed by atoms with Gasteiger partial charge in [-0.25, -0.2) is 0 Å². The van der Waals surface area contributed by atoms with Crippen molar-refractivity contribution in [3.05, 3.63) is 0 Å². The third-order valence-corrected chi connectivity index (χ3v) is 2.81. The third-order valence-electron chi connectivity index (χ3n) is 2.81. The van der Waals surface area contributed by atoms with Crippen LogP contribution in [-0.4, -0.2) is 18.9 Å². The summed E-state index contributed by atoms with van der Waals surface area (Å²) in [5.41, 5.74) is -0.961. The number of methoxy groups -OCH3 is 1. The quantitative estimate of drug-likeness (QED) is 0.394. The van der Waals surface area contributed by atoms with Crippen LogP contribution in [0.2, 0.25) is 0 Å². The fraction of sp³-hybridized carbons (Fsp3) is 0.667. The summed E-state index contributed by atoms with van der Waals surface area (Å²) in [5.74, 6) is 5.35. The van der Waals surface area contributed by atoms with Crippen LogP contribution >= 0.6 is 0 Å². The Kier molecular flexibility index (Phi) is 3.90. The number of hydrogen-bond donors (Lipinski definition) is 0. The van der Waals surface area contributed by atoms with Crippen molar-refractivity contribution in [3.63, 3.8) is 0 Å². The molecular formula is C12H16O3. The smallest absolute Gasteiger partial charge is 0.320 e. The molecule has 1 saturated carbocycles. The number of rotatable bonds is 2. The molecule has 3 nitrogen and oxygen atoms in total. The van der Waals surface area contributed by atoms with E-state index in [4.69, 9.17) is 4.74 Å². The molecule has 1 fully saturated rings. The van der Waals surface area contributed by atoms with Gasteiger partial charge in [-0.15, -0.1) is 11.8 Å². The van der Waals surface area contributed by atoms with Gasteiger partial charge in [0.15, 0.2) is 5.78 Å². The van der Waals surface area contributed by atoms with Gasteiger partial charge in [0.1, 0.15) is 5.41 Å². The van der Waals surface area contributed by atoms with E-state index in [1.807, 2.05) is 6.92 Å². The minimum atomic E-state index is -0.961. The van der Waals surface area contributed by atoms with Gasteiger partial charge in [-0.1, -0.05) is 6.92 Å². The molecule has 1 atom stereocenters. The number of carbonyl (C=O) groups excluding carboxylic acids is 2. The minimum absolute atomic E-state index is 0.0141. The summed E-state index contributed by atoms with van der Waals surface area (Å²) in [6.45, 7) is 1.94. The zero-order valence-electron chi connectivity index (χ0n) is 9.26. The number of carbonyl (C=O) groups is 2. The molecule has 0 aliphatic heterocycles. The molecule has 3 heteroatoms. The molecule has 0 radical (unpaired) electrons. The van der Waals surface area contributed by atoms with Crippen LogP contribution in [0.5, 0.6) is 0 Å². The van der Waals surface area contributed by atoms with E-state index in [1.54, 1.807) is 0 Å². The molecule has 1 aliphatic carbocycles.